The fourth-order valence-electron chi connectivity index (χ4n) is 2.93. The predicted molar refractivity (Wildman–Crippen MR) is 112 cm³/mol. The summed E-state index contributed by atoms with van der Waals surface area (Å²) in [5, 5.41) is 11.9. The lowest BCUT2D eigenvalue weighted by atomic mass is 10.1. The highest BCUT2D eigenvalue weighted by Gasteiger charge is 2.24. The number of halogens is 1. The number of benzene rings is 2. The van der Waals surface area contributed by atoms with E-state index < -0.39 is 17.9 Å². The van der Waals surface area contributed by atoms with Gasteiger partial charge in [0, 0.05) is 16.5 Å². The number of amides is 1. The molecule has 3 rings (SSSR count). The molecule has 27 heavy (non-hydrogen) atoms. The Morgan fingerprint density at radius 3 is 2.56 bits per heavy atom. The van der Waals surface area contributed by atoms with Crippen LogP contribution in [0, 0.1) is 3.57 Å². The van der Waals surface area contributed by atoms with E-state index in [9.17, 15) is 9.59 Å². The normalized spacial score (nSPS) is 12.0. The van der Waals surface area contributed by atoms with E-state index in [0.717, 1.165) is 14.7 Å². The Kier molecular flexibility index (Phi) is 5.94. The second-order valence-corrected chi connectivity index (χ2v) is 7.36. The van der Waals surface area contributed by atoms with E-state index in [1.54, 1.807) is 4.57 Å². The Balaban J connectivity index is 2.00. The maximum absolute atomic E-state index is 12.3. The zero-order valence-corrected chi connectivity index (χ0v) is 16.6. The van der Waals surface area contributed by atoms with Crippen LogP contribution in [0.25, 0.3) is 11.0 Å². The molecule has 1 atom stereocenters. The number of imidazole rings is 1. The molecular weight excluding hydrogens is 459 g/mol. The average Bonchev–Trinajstić information content (AvgIpc) is 2.98. The van der Waals surface area contributed by atoms with Gasteiger partial charge in [-0.2, -0.15) is 0 Å². The van der Waals surface area contributed by atoms with Crippen molar-refractivity contribution in [1.82, 2.24) is 9.55 Å². The smallest absolute Gasteiger partial charge is 0.305 e. The van der Waals surface area contributed by atoms with Crippen molar-refractivity contribution in [2.75, 3.05) is 11.9 Å². The van der Waals surface area contributed by atoms with E-state index in [-0.39, 0.29) is 13.0 Å². The number of fused-ring (bicyclic) bond motifs is 1. The van der Waals surface area contributed by atoms with Gasteiger partial charge < -0.3 is 16.2 Å². The van der Waals surface area contributed by atoms with Gasteiger partial charge in [-0.1, -0.05) is 24.3 Å². The lowest BCUT2D eigenvalue weighted by Crippen LogP contribution is -2.29. The Morgan fingerprint density at radius 2 is 1.89 bits per heavy atom. The number of carboxylic acid groups (broad SMARTS) is 1. The first kappa shape index (κ1) is 19.2. The summed E-state index contributed by atoms with van der Waals surface area (Å²) in [7, 11) is 0. The van der Waals surface area contributed by atoms with Crippen LogP contribution in [0.3, 0.4) is 0 Å². The van der Waals surface area contributed by atoms with Gasteiger partial charge in [0.25, 0.3) is 0 Å². The van der Waals surface area contributed by atoms with Gasteiger partial charge in [0.1, 0.15) is 6.04 Å². The van der Waals surface area contributed by atoms with Crippen molar-refractivity contribution in [3.63, 3.8) is 0 Å². The molecule has 0 aliphatic carbocycles. The van der Waals surface area contributed by atoms with Crippen molar-refractivity contribution in [1.29, 1.82) is 0 Å². The number of nitrogens with one attached hydrogen (secondary N) is 1. The average molecular weight is 478 g/mol. The van der Waals surface area contributed by atoms with Crippen molar-refractivity contribution in [3.8, 4) is 0 Å². The number of hydrogen-bond acceptors (Lipinski definition) is 4. The topological polar surface area (TPSA) is 110 Å². The van der Waals surface area contributed by atoms with Crippen LogP contribution in [-0.4, -0.2) is 33.1 Å². The van der Waals surface area contributed by atoms with Gasteiger partial charge in [-0.15, -0.1) is 0 Å². The minimum atomic E-state index is -0.907. The highest BCUT2D eigenvalue weighted by Crippen LogP contribution is 2.27. The molecule has 8 heteroatoms. The zero-order chi connectivity index (χ0) is 19.4. The Hall–Kier alpha value is -2.62. The van der Waals surface area contributed by atoms with Crippen LogP contribution < -0.4 is 11.1 Å². The molecule has 0 aliphatic rings. The highest BCUT2D eigenvalue weighted by atomic mass is 127. The van der Waals surface area contributed by atoms with Crippen molar-refractivity contribution in [3.05, 3.63) is 57.7 Å². The maximum atomic E-state index is 12.3. The number of carbonyl (C=O) groups excluding carboxylic acids is 1. The summed E-state index contributed by atoms with van der Waals surface area (Å²) in [4.78, 5) is 27.6. The number of nitrogens with zero attached hydrogens (tertiary/aromatic N) is 2. The molecule has 0 saturated heterocycles. The SMILES string of the molecule is NC(=O)C(Cc1ccc(I)cc1)n1c(NCCC(=O)O)nc2ccccc21. The number of anilines is 1. The molecule has 0 bridgehead atoms. The Bertz CT molecular complexity index is 969. The summed E-state index contributed by atoms with van der Waals surface area (Å²) in [5.41, 5.74) is 8.19. The molecule has 1 heterocycles. The maximum Gasteiger partial charge on any atom is 0.305 e. The van der Waals surface area contributed by atoms with Crippen molar-refractivity contribution >= 4 is 51.4 Å². The van der Waals surface area contributed by atoms with Gasteiger partial charge in [-0.3, -0.25) is 14.2 Å². The molecule has 1 unspecified atom stereocenters. The molecule has 2 aromatic carbocycles. The van der Waals surface area contributed by atoms with E-state index >= 15 is 0 Å². The van der Waals surface area contributed by atoms with Crippen LogP contribution in [0.2, 0.25) is 0 Å². The standard InChI is InChI=1S/C19H19IN4O3/c20-13-7-5-12(6-8-13)11-16(18(21)27)24-15-4-2-1-3-14(15)23-19(24)22-10-9-17(25)26/h1-8,16H,9-11H2,(H2,21,27)(H,22,23)(H,25,26). The second kappa shape index (κ2) is 8.38. The molecule has 0 fully saturated rings. The quantitative estimate of drug-likeness (QED) is 0.432. The number of rotatable bonds is 8. The number of carbonyl (C=O) groups is 2. The van der Waals surface area contributed by atoms with Crippen molar-refractivity contribution in [2.24, 2.45) is 5.73 Å². The number of aromatic nitrogens is 2. The summed E-state index contributed by atoms with van der Waals surface area (Å²) >= 11 is 2.23. The Morgan fingerprint density at radius 1 is 1.19 bits per heavy atom. The van der Waals surface area contributed by atoms with Crippen LogP contribution in [-0.2, 0) is 16.0 Å². The number of aliphatic carboxylic acids is 1. The minimum absolute atomic E-state index is 0.0540. The molecular formula is C19H19IN4O3. The van der Waals surface area contributed by atoms with Crippen LogP contribution in [0.1, 0.15) is 18.0 Å². The molecule has 1 amide bonds. The molecule has 0 radical (unpaired) electrons. The predicted octanol–water partition coefficient (Wildman–Crippen LogP) is 2.80. The van der Waals surface area contributed by atoms with Crippen molar-refractivity contribution in [2.45, 2.75) is 18.9 Å². The largest absolute Gasteiger partial charge is 0.481 e. The monoisotopic (exact) mass is 478 g/mol. The van der Waals surface area contributed by atoms with Crippen molar-refractivity contribution < 1.29 is 14.7 Å². The van der Waals surface area contributed by atoms with Gasteiger partial charge in [-0.05, 0) is 52.4 Å². The molecule has 0 aliphatic heterocycles. The fourth-order valence-corrected chi connectivity index (χ4v) is 3.29. The van der Waals surface area contributed by atoms with E-state index in [1.165, 1.54) is 0 Å². The lowest BCUT2D eigenvalue weighted by Gasteiger charge is -2.19. The summed E-state index contributed by atoms with van der Waals surface area (Å²) in [6.45, 7) is 0.202. The third-order valence-corrected chi connectivity index (χ3v) is 4.92. The third-order valence-electron chi connectivity index (χ3n) is 4.20. The van der Waals surface area contributed by atoms with E-state index in [4.69, 9.17) is 10.8 Å². The first-order chi connectivity index (χ1) is 13.0. The van der Waals surface area contributed by atoms with Crippen LogP contribution in [0.5, 0.6) is 0 Å². The number of hydrogen-bond donors (Lipinski definition) is 3. The lowest BCUT2D eigenvalue weighted by molar-refractivity contribution is -0.136. The van der Waals surface area contributed by atoms with Crippen LogP contribution >= 0.6 is 22.6 Å². The Labute approximate surface area is 169 Å². The van der Waals surface area contributed by atoms with Crippen LogP contribution in [0.4, 0.5) is 5.95 Å². The number of nitrogens with two attached hydrogens (primary N) is 1. The first-order valence-electron chi connectivity index (χ1n) is 8.42. The molecule has 140 valence electrons. The summed E-state index contributed by atoms with van der Waals surface area (Å²) in [5.74, 6) is -0.944. The van der Waals surface area contributed by atoms with Gasteiger partial charge in [0.05, 0.1) is 17.5 Å². The summed E-state index contributed by atoms with van der Waals surface area (Å²) in [6.07, 6.45) is 0.363. The molecule has 4 N–H and O–H groups in total. The van der Waals surface area contributed by atoms with E-state index in [2.05, 4.69) is 32.9 Å². The highest BCUT2D eigenvalue weighted by molar-refractivity contribution is 14.1. The molecule has 3 aromatic rings. The third kappa shape index (κ3) is 4.57. The number of carboxylic acids is 1. The van der Waals surface area contributed by atoms with Gasteiger partial charge >= 0.3 is 5.97 Å². The fraction of sp³-hybridized carbons (Fsp3) is 0.211. The van der Waals surface area contributed by atoms with Crippen LogP contribution in [0.15, 0.2) is 48.5 Å². The van der Waals surface area contributed by atoms with Gasteiger partial charge in [0.15, 0.2) is 0 Å². The summed E-state index contributed by atoms with van der Waals surface area (Å²) in [6, 6.07) is 14.7. The first-order valence-corrected chi connectivity index (χ1v) is 9.50. The van der Waals surface area contributed by atoms with E-state index in [0.29, 0.717) is 17.9 Å². The zero-order valence-electron chi connectivity index (χ0n) is 14.4. The van der Waals surface area contributed by atoms with Gasteiger partial charge in [0.2, 0.25) is 11.9 Å². The second-order valence-electron chi connectivity index (χ2n) is 6.11. The molecule has 7 nitrogen and oxygen atoms in total. The molecule has 1 aromatic heterocycles. The number of para-hydroxylation sites is 2. The minimum Gasteiger partial charge on any atom is -0.481 e. The van der Waals surface area contributed by atoms with E-state index in [1.807, 2.05) is 48.5 Å². The molecule has 0 saturated carbocycles. The van der Waals surface area contributed by atoms with Gasteiger partial charge in [-0.25, -0.2) is 4.98 Å². The summed E-state index contributed by atoms with van der Waals surface area (Å²) < 4.78 is 2.87. The number of primary amides is 1. The molecule has 0 spiro atoms.